The lowest BCUT2D eigenvalue weighted by molar-refractivity contribution is 0.182. The average Bonchev–Trinajstić information content (AvgIpc) is 2.54. The summed E-state index contributed by atoms with van der Waals surface area (Å²) in [5, 5.41) is 19.2. The van der Waals surface area contributed by atoms with Crippen LogP contribution >= 0.6 is 0 Å². The molecule has 0 aliphatic carbocycles. The normalized spacial score (nSPS) is 12.7. The van der Waals surface area contributed by atoms with Crippen LogP contribution in [0.5, 0.6) is 5.75 Å². The summed E-state index contributed by atoms with van der Waals surface area (Å²) < 4.78 is 28.5. The lowest BCUT2D eigenvalue weighted by Gasteiger charge is -2.09. The van der Waals surface area contributed by atoms with Gasteiger partial charge in [-0.05, 0) is 37.8 Å². The summed E-state index contributed by atoms with van der Waals surface area (Å²) in [6, 6.07) is 9.77. The van der Waals surface area contributed by atoms with Gasteiger partial charge >= 0.3 is 0 Å². The highest BCUT2D eigenvalue weighted by Gasteiger charge is 2.17. The van der Waals surface area contributed by atoms with E-state index in [0.717, 1.165) is 6.42 Å². The van der Waals surface area contributed by atoms with E-state index in [-0.39, 0.29) is 23.0 Å². The van der Waals surface area contributed by atoms with Crippen molar-refractivity contribution in [3.63, 3.8) is 0 Å². The van der Waals surface area contributed by atoms with Crippen molar-refractivity contribution in [3.8, 4) is 16.9 Å². The molecule has 0 aliphatic heterocycles. The van der Waals surface area contributed by atoms with Crippen molar-refractivity contribution in [2.75, 3.05) is 0 Å². The standard InChI is InChI=1S/C19H20F2O2/c1-13(22)8-4-2-7-11-15-17(23)12-16(19(21)18(15)20)14-9-5-3-6-10-14/h3,5-7,9-13,22-23H,2,4,8H2,1H3. The molecular weight excluding hydrogens is 298 g/mol. The van der Waals surface area contributed by atoms with Gasteiger partial charge in [0.25, 0.3) is 0 Å². The second kappa shape index (κ2) is 7.88. The van der Waals surface area contributed by atoms with E-state index in [1.807, 2.05) is 0 Å². The molecule has 0 saturated heterocycles. The van der Waals surface area contributed by atoms with E-state index in [2.05, 4.69) is 0 Å². The Morgan fingerprint density at radius 3 is 2.48 bits per heavy atom. The lowest BCUT2D eigenvalue weighted by atomic mass is 10.0. The fraction of sp³-hybridized carbons (Fsp3) is 0.263. The molecular formula is C19H20F2O2. The number of allylic oxidation sites excluding steroid dienone is 1. The summed E-state index contributed by atoms with van der Waals surface area (Å²) in [5.41, 5.74) is 0.387. The molecule has 2 aromatic rings. The van der Waals surface area contributed by atoms with E-state index in [4.69, 9.17) is 5.11 Å². The van der Waals surface area contributed by atoms with Crippen molar-refractivity contribution in [1.82, 2.24) is 0 Å². The number of aliphatic hydroxyl groups excluding tert-OH is 1. The van der Waals surface area contributed by atoms with Crippen LogP contribution in [0.25, 0.3) is 17.2 Å². The Morgan fingerprint density at radius 2 is 1.83 bits per heavy atom. The summed E-state index contributed by atoms with van der Waals surface area (Å²) in [6.45, 7) is 1.70. The zero-order valence-electron chi connectivity index (χ0n) is 13.0. The van der Waals surface area contributed by atoms with Gasteiger partial charge in [-0.2, -0.15) is 0 Å². The fourth-order valence-electron chi connectivity index (χ4n) is 2.35. The number of aromatic hydroxyl groups is 1. The first-order valence-electron chi connectivity index (χ1n) is 7.61. The van der Waals surface area contributed by atoms with E-state index >= 15 is 0 Å². The zero-order chi connectivity index (χ0) is 16.8. The number of benzene rings is 2. The molecule has 4 heteroatoms. The van der Waals surface area contributed by atoms with Crippen molar-refractivity contribution in [1.29, 1.82) is 0 Å². The minimum atomic E-state index is -1.06. The third-order valence-electron chi connectivity index (χ3n) is 3.58. The Balaban J connectivity index is 2.23. The Kier molecular flexibility index (Phi) is 5.88. The van der Waals surface area contributed by atoms with Crippen LogP contribution in [0.1, 0.15) is 31.7 Å². The predicted octanol–water partition coefficient (Wildman–Crippen LogP) is 4.90. The quantitative estimate of drug-likeness (QED) is 0.744. The van der Waals surface area contributed by atoms with Gasteiger partial charge in [-0.3, -0.25) is 0 Å². The van der Waals surface area contributed by atoms with E-state index < -0.39 is 11.6 Å². The molecule has 0 saturated carbocycles. The monoisotopic (exact) mass is 318 g/mol. The van der Waals surface area contributed by atoms with Gasteiger partial charge in [0, 0.05) is 5.56 Å². The largest absolute Gasteiger partial charge is 0.507 e. The topological polar surface area (TPSA) is 40.5 Å². The van der Waals surface area contributed by atoms with E-state index in [1.165, 1.54) is 12.1 Å². The Labute approximate surface area is 134 Å². The number of aliphatic hydroxyl groups is 1. The highest BCUT2D eigenvalue weighted by atomic mass is 19.2. The smallest absolute Gasteiger partial charge is 0.170 e. The first-order valence-corrected chi connectivity index (χ1v) is 7.61. The van der Waals surface area contributed by atoms with Crippen LogP contribution in [0, 0.1) is 11.6 Å². The summed E-state index contributed by atoms with van der Waals surface area (Å²) in [5.74, 6) is -2.33. The molecule has 0 bridgehead atoms. The van der Waals surface area contributed by atoms with Gasteiger partial charge in [-0.25, -0.2) is 8.78 Å². The van der Waals surface area contributed by atoms with Gasteiger partial charge in [0.1, 0.15) is 5.75 Å². The molecule has 2 rings (SSSR count). The molecule has 0 fully saturated rings. The maximum absolute atomic E-state index is 14.3. The van der Waals surface area contributed by atoms with Crippen molar-refractivity contribution in [3.05, 3.63) is 59.7 Å². The molecule has 0 heterocycles. The predicted molar refractivity (Wildman–Crippen MR) is 88.0 cm³/mol. The summed E-state index contributed by atoms with van der Waals surface area (Å²) in [6.07, 6.45) is 4.66. The third-order valence-corrected chi connectivity index (χ3v) is 3.58. The second-order valence-electron chi connectivity index (χ2n) is 5.53. The van der Waals surface area contributed by atoms with Crippen LogP contribution < -0.4 is 0 Å². The SMILES string of the molecule is CC(O)CCCC=Cc1c(O)cc(-c2ccccc2)c(F)c1F. The molecule has 2 aromatic carbocycles. The molecule has 2 N–H and O–H groups in total. The minimum Gasteiger partial charge on any atom is -0.507 e. The minimum absolute atomic E-state index is 0.0341. The first-order chi connectivity index (χ1) is 11.0. The van der Waals surface area contributed by atoms with Crippen LogP contribution in [-0.2, 0) is 0 Å². The number of rotatable bonds is 6. The Hall–Kier alpha value is -2.20. The number of phenols is 1. The van der Waals surface area contributed by atoms with Gasteiger partial charge in [0.15, 0.2) is 11.6 Å². The molecule has 0 radical (unpaired) electrons. The second-order valence-corrected chi connectivity index (χ2v) is 5.53. The number of unbranched alkanes of at least 4 members (excludes halogenated alkanes) is 1. The first kappa shape index (κ1) is 17.2. The molecule has 1 unspecified atom stereocenters. The third kappa shape index (κ3) is 4.39. The molecule has 0 spiro atoms. The van der Waals surface area contributed by atoms with Gasteiger partial charge in [0.05, 0.1) is 11.7 Å². The summed E-state index contributed by atoms with van der Waals surface area (Å²) in [4.78, 5) is 0. The number of phenolic OH excluding ortho intramolecular Hbond substituents is 1. The van der Waals surface area contributed by atoms with Gasteiger partial charge in [-0.1, -0.05) is 42.5 Å². The molecule has 23 heavy (non-hydrogen) atoms. The molecule has 122 valence electrons. The summed E-state index contributed by atoms with van der Waals surface area (Å²) in [7, 11) is 0. The van der Waals surface area contributed by atoms with Crippen molar-refractivity contribution < 1.29 is 19.0 Å². The van der Waals surface area contributed by atoms with Crippen LogP contribution in [-0.4, -0.2) is 16.3 Å². The molecule has 0 amide bonds. The molecule has 0 aromatic heterocycles. The average molecular weight is 318 g/mol. The maximum Gasteiger partial charge on any atom is 0.170 e. The van der Waals surface area contributed by atoms with Crippen molar-refractivity contribution in [2.45, 2.75) is 32.3 Å². The van der Waals surface area contributed by atoms with Crippen LogP contribution in [0.3, 0.4) is 0 Å². The van der Waals surface area contributed by atoms with E-state index in [0.29, 0.717) is 18.4 Å². The van der Waals surface area contributed by atoms with E-state index in [1.54, 1.807) is 43.3 Å². The highest BCUT2D eigenvalue weighted by Crippen LogP contribution is 2.33. The molecule has 1 atom stereocenters. The number of hydrogen-bond acceptors (Lipinski definition) is 2. The molecule has 0 aliphatic rings. The van der Waals surface area contributed by atoms with Crippen molar-refractivity contribution in [2.24, 2.45) is 0 Å². The fourth-order valence-corrected chi connectivity index (χ4v) is 2.35. The van der Waals surface area contributed by atoms with Crippen molar-refractivity contribution >= 4 is 6.08 Å². The summed E-state index contributed by atoms with van der Waals surface area (Å²) >= 11 is 0. The van der Waals surface area contributed by atoms with Crippen LogP contribution in [0.15, 0.2) is 42.5 Å². The van der Waals surface area contributed by atoms with Gasteiger partial charge in [0.2, 0.25) is 0 Å². The zero-order valence-corrected chi connectivity index (χ0v) is 13.0. The molecule has 2 nitrogen and oxygen atoms in total. The van der Waals surface area contributed by atoms with Crippen LogP contribution in [0.2, 0.25) is 0 Å². The maximum atomic E-state index is 14.3. The Morgan fingerprint density at radius 1 is 1.13 bits per heavy atom. The van der Waals surface area contributed by atoms with Gasteiger partial charge < -0.3 is 10.2 Å². The van der Waals surface area contributed by atoms with Crippen LogP contribution in [0.4, 0.5) is 8.78 Å². The Bertz CT molecular complexity index is 680. The number of hydrogen-bond donors (Lipinski definition) is 2. The highest BCUT2D eigenvalue weighted by molar-refractivity contribution is 5.70. The van der Waals surface area contributed by atoms with E-state index in [9.17, 15) is 13.9 Å². The lowest BCUT2D eigenvalue weighted by Crippen LogP contribution is -1.97. The van der Waals surface area contributed by atoms with Gasteiger partial charge in [-0.15, -0.1) is 0 Å². The number of halogens is 2.